The Morgan fingerprint density at radius 3 is 2.55 bits per heavy atom. The summed E-state index contributed by atoms with van der Waals surface area (Å²) in [5, 5.41) is 12.5. The molecule has 0 aliphatic heterocycles. The van der Waals surface area contributed by atoms with Crippen LogP contribution >= 0.6 is 0 Å². The lowest BCUT2D eigenvalue weighted by molar-refractivity contribution is 0.414. The van der Waals surface area contributed by atoms with Crippen molar-refractivity contribution in [2.45, 2.75) is 6.04 Å². The SMILES string of the molecule is COc1cccc(C(C#N)Nc2ccccc2OC)c1. The highest BCUT2D eigenvalue weighted by Crippen LogP contribution is 2.28. The minimum atomic E-state index is -0.471. The molecular formula is C16H16N2O2. The van der Waals surface area contributed by atoms with Crippen LogP contribution in [0, 0.1) is 11.3 Å². The Kier molecular flexibility index (Phi) is 4.46. The molecule has 0 aliphatic carbocycles. The van der Waals surface area contributed by atoms with Crippen molar-refractivity contribution in [2.24, 2.45) is 0 Å². The van der Waals surface area contributed by atoms with Crippen LogP contribution in [0.3, 0.4) is 0 Å². The predicted octanol–water partition coefficient (Wildman–Crippen LogP) is 3.38. The molecular weight excluding hydrogens is 252 g/mol. The second kappa shape index (κ2) is 6.48. The first-order chi connectivity index (χ1) is 9.78. The molecule has 4 heteroatoms. The number of nitrogens with one attached hydrogen (secondary N) is 1. The summed E-state index contributed by atoms with van der Waals surface area (Å²) in [7, 11) is 3.21. The zero-order valence-electron chi connectivity index (χ0n) is 11.5. The van der Waals surface area contributed by atoms with E-state index >= 15 is 0 Å². The van der Waals surface area contributed by atoms with E-state index in [1.807, 2.05) is 48.5 Å². The summed E-state index contributed by atoms with van der Waals surface area (Å²) in [5.41, 5.74) is 1.63. The first kappa shape index (κ1) is 13.8. The quantitative estimate of drug-likeness (QED) is 0.903. The highest BCUT2D eigenvalue weighted by atomic mass is 16.5. The number of anilines is 1. The molecule has 20 heavy (non-hydrogen) atoms. The fourth-order valence-corrected chi connectivity index (χ4v) is 1.93. The lowest BCUT2D eigenvalue weighted by Crippen LogP contribution is -2.09. The third kappa shape index (κ3) is 3.01. The van der Waals surface area contributed by atoms with Gasteiger partial charge in [0, 0.05) is 0 Å². The summed E-state index contributed by atoms with van der Waals surface area (Å²) in [5.74, 6) is 1.43. The van der Waals surface area contributed by atoms with Crippen molar-refractivity contribution < 1.29 is 9.47 Å². The van der Waals surface area contributed by atoms with Crippen molar-refractivity contribution in [2.75, 3.05) is 19.5 Å². The fraction of sp³-hybridized carbons (Fsp3) is 0.188. The van der Waals surface area contributed by atoms with E-state index < -0.39 is 6.04 Å². The molecule has 0 aliphatic rings. The number of ether oxygens (including phenoxy) is 2. The number of benzene rings is 2. The number of nitriles is 1. The number of nitrogens with zero attached hydrogens (tertiary/aromatic N) is 1. The van der Waals surface area contributed by atoms with Gasteiger partial charge in [-0.05, 0) is 29.8 Å². The largest absolute Gasteiger partial charge is 0.497 e. The Morgan fingerprint density at radius 1 is 1.05 bits per heavy atom. The molecule has 0 heterocycles. The van der Waals surface area contributed by atoms with E-state index in [4.69, 9.17) is 9.47 Å². The lowest BCUT2D eigenvalue weighted by Gasteiger charge is -2.16. The maximum absolute atomic E-state index is 9.37. The Labute approximate surface area is 118 Å². The van der Waals surface area contributed by atoms with Gasteiger partial charge in [0.1, 0.15) is 17.5 Å². The van der Waals surface area contributed by atoms with Crippen LogP contribution in [0.15, 0.2) is 48.5 Å². The molecule has 2 aromatic carbocycles. The van der Waals surface area contributed by atoms with Crippen LogP contribution in [0.4, 0.5) is 5.69 Å². The van der Waals surface area contributed by atoms with Crippen LogP contribution in [0.2, 0.25) is 0 Å². The molecule has 1 atom stereocenters. The zero-order chi connectivity index (χ0) is 14.4. The van der Waals surface area contributed by atoms with Gasteiger partial charge in [-0.25, -0.2) is 0 Å². The molecule has 0 saturated carbocycles. The van der Waals surface area contributed by atoms with Gasteiger partial charge in [0.05, 0.1) is 26.0 Å². The average molecular weight is 268 g/mol. The highest BCUT2D eigenvalue weighted by Gasteiger charge is 2.13. The summed E-state index contributed by atoms with van der Waals surface area (Å²) >= 11 is 0. The maximum atomic E-state index is 9.37. The van der Waals surface area contributed by atoms with Crippen molar-refractivity contribution in [3.63, 3.8) is 0 Å². The molecule has 0 aromatic heterocycles. The third-order valence-corrected chi connectivity index (χ3v) is 2.96. The van der Waals surface area contributed by atoms with E-state index in [-0.39, 0.29) is 0 Å². The lowest BCUT2D eigenvalue weighted by atomic mass is 10.1. The van der Waals surface area contributed by atoms with Gasteiger partial charge >= 0.3 is 0 Å². The Morgan fingerprint density at radius 2 is 1.85 bits per heavy atom. The number of methoxy groups -OCH3 is 2. The second-order valence-electron chi connectivity index (χ2n) is 4.18. The minimum Gasteiger partial charge on any atom is -0.497 e. The van der Waals surface area contributed by atoms with E-state index in [1.54, 1.807) is 14.2 Å². The molecule has 0 radical (unpaired) electrons. The van der Waals surface area contributed by atoms with E-state index in [0.29, 0.717) is 5.75 Å². The van der Waals surface area contributed by atoms with Crippen molar-refractivity contribution in [1.29, 1.82) is 5.26 Å². The van der Waals surface area contributed by atoms with Crippen LogP contribution in [0.5, 0.6) is 11.5 Å². The van der Waals surface area contributed by atoms with E-state index in [9.17, 15) is 5.26 Å². The van der Waals surface area contributed by atoms with Crippen LogP contribution in [-0.2, 0) is 0 Å². The van der Waals surface area contributed by atoms with Gasteiger partial charge in [-0.2, -0.15) is 5.26 Å². The number of hydrogen-bond donors (Lipinski definition) is 1. The molecule has 2 aromatic rings. The second-order valence-corrected chi connectivity index (χ2v) is 4.18. The first-order valence-electron chi connectivity index (χ1n) is 6.21. The van der Waals surface area contributed by atoms with Gasteiger partial charge in [0.25, 0.3) is 0 Å². The third-order valence-electron chi connectivity index (χ3n) is 2.96. The molecule has 0 fully saturated rings. The molecule has 0 saturated heterocycles. The van der Waals surface area contributed by atoms with Gasteiger partial charge in [0.15, 0.2) is 0 Å². The molecule has 0 amide bonds. The van der Waals surface area contributed by atoms with Crippen molar-refractivity contribution >= 4 is 5.69 Å². The monoisotopic (exact) mass is 268 g/mol. The number of rotatable bonds is 5. The summed E-state index contributed by atoms with van der Waals surface area (Å²) in [6.45, 7) is 0. The normalized spacial score (nSPS) is 11.2. The smallest absolute Gasteiger partial charge is 0.141 e. The molecule has 1 N–H and O–H groups in total. The minimum absolute atomic E-state index is 0.471. The highest BCUT2D eigenvalue weighted by molar-refractivity contribution is 5.58. The standard InChI is InChI=1S/C16H16N2O2/c1-19-13-7-5-6-12(10-13)15(11-17)18-14-8-3-4-9-16(14)20-2/h3-10,15,18H,1-2H3. The Bertz CT molecular complexity index is 620. The van der Waals surface area contributed by atoms with Gasteiger partial charge in [-0.3, -0.25) is 0 Å². The van der Waals surface area contributed by atoms with Gasteiger partial charge < -0.3 is 14.8 Å². The molecule has 1 unspecified atom stereocenters. The van der Waals surface area contributed by atoms with Gasteiger partial charge in [-0.15, -0.1) is 0 Å². The van der Waals surface area contributed by atoms with Crippen molar-refractivity contribution in [3.05, 3.63) is 54.1 Å². The van der Waals surface area contributed by atoms with Gasteiger partial charge in [-0.1, -0.05) is 24.3 Å². The maximum Gasteiger partial charge on any atom is 0.141 e. The summed E-state index contributed by atoms with van der Waals surface area (Å²) in [4.78, 5) is 0. The zero-order valence-corrected chi connectivity index (χ0v) is 11.5. The molecule has 2 rings (SSSR count). The fourth-order valence-electron chi connectivity index (χ4n) is 1.93. The summed E-state index contributed by atoms with van der Waals surface area (Å²) < 4.78 is 10.5. The molecule has 0 bridgehead atoms. The van der Waals surface area contributed by atoms with Crippen molar-refractivity contribution in [3.8, 4) is 17.6 Å². The molecule has 102 valence electrons. The van der Waals surface area contributed by atoms with Crippen LogP contribution in [0.25, 0.3) is 0 Å². The topological polar surface area (TPSA) is 54.3 Å². The van der Waals surface area contributed by atoms with Crippen LogP contribution < -0.4 is 14.8 Å². The number of hydrogen-bond acceptors (Lipinski definition) is 4. The Balaban J connectivity index is 2.27. The van der Waals surface area contributed by atoms with E-state index in [1.165, 1.54) is 0 Å². The van der Waals surface area contributed by atoms with E-state index in [0.717, 1.165) is 17.0 Å². The Hall–Kier alpha value is -2.67. The van der Waals surface area contributed by atoms with Crippen LogP contribution in [-0.4, -0.2) is 14.2 Å². The molecule has 0 spiro atoms. The molecule has 4 nitrogen and oxygen atoms in total. The summed E-state index contributed by atoms with van der Waals surface area (Å²) in [6.07, 6.45) is 0. The van der Waals surface area contributed by atoms with Crippen molar-refractivity contribution in [1.82, 2.24) is 0 Å². The predicted molar refractivity (Wildman–Crippen MR) is 78.0 cm³/mol. The number of para-hydroxylation sites is 2. The van der Waals surface area contributed by atoms with E-state index in [2.05, 4.69) is 11.4 Å². The van der Waals surface area contributed by atoms with Gasteiger partial charge in [0.2, 0.25) is 0 Å². The average Bonchev–Trinajstić information content (AvgIpc) is 2.53. The van der Waals surface area contributed by atoms with Crippen LogP contribution in [0.1, 0.15) is 11.6 Å². The first-order valence-corrected chi connectivity index (χ1v) is 6.21. The summed E-state index contributed by atoms with van der Waals surface area (Å²) in [6, 6.07) is 16.7.